The minimum absolute atomic E-state index is 0.00494. The van der Waals surface area contributed by atoms with Gasteiger partial charge in [0, 0.05) is 16.6 Å². The lowest BCUT2D eigenvalue weighted by Crippen LogP contribution is -2.31. The second-order valence-corrected chi connectivity index (χ2v) is 10.5. The third kappa shape index (κ3) is 5.31. The van der Waals surface area contributed by atoms with Gasteiger partial charge in [0.05, 0.1) is 11.3 Å². The van der Waals surface area contributed by atoms with Crippen molar-refractivity contribution in [2.45, 2.75) is 44.4 Å². The van der Waals surface area contributed by atoms with Gasteiger partial charge in [-0.05, 0) is 35.6 Å². The number of carbonyl (C=O) groups excluding carboxylic acids is 1. The van der Waals surface area contributed by atoms with Gasteiger partial charge in [0.1, 0.15) is 5.01 Å². The minimum atomic E-state index is -3.96. The highest BCUT2D eigenvalue weighted by atomic mass is 32.2. The Labute approximate surface area is 175 Å². The number of amides is 1. The predicted octanol–water partition coefficient (Wildman–Crippen LogP) is 4.46. The lowest BCUT2D eigenvalue weighted by Gasteiger charge is -2.19. The molecule has 0 aliphatic carbocycles. The summed E-state index contributed by atoms with van der Waals surface area (Å²) in [5.74, 6) is -0.566. The van der Waals surface area contributed by atoms with E-state index in [0.29, 0.717) is 5.56 Å². The zero-order chi connectivity index (χ0) is 21.2. The molecular weight excluding hydrogens is 404 g/mol. The quantitative estimate of drug-likeness (QED) is 0.651. The van der Waals surface area contributed by atoms with E-state index >= 15 is 0 Å². The van der Waals surface area contributed by atoms with Crippen LogP contribution in [0.1, 0.15) is 37.6 Å². The van der Waals surface area contributed by atoms with Crippen LogP contribution < -0.4 is 4.72 Å². The number of nitrogens with one attached hydrogen (secondary N) is 1. The summed E-state index contributed by atoms with van der Waals surface area (Å²) in [4.78, 5) is 16.8. The summed E-state index contributed by atoms with van der Waals surface area (Å²) < 4.78 is 27.5. The zero-order valence-corrected chi connectivity index (χ0v) is 18.5. The third-order valence-corrected chi connectivity index (χ3v) is 6.82. The van der Waals surface area contributed by atoms with Crippen LogP contribution in [0.15, 0.2) is 58.8 Å². The SMILES string of the molecule is Cc1csc(-c2cccc(S(=O)(=O)NC(=O)Cc3ccc(C(C)(C)C)cc3)c2)n1. The Morgan fingerprint density at radius 2 is 1.79 bits per heavy atom. The van der Waals surface area contributed by atoms with Crippen LogP contribution in [-0.2, 0) is 26.7 Å². The van der Waals surface area contributed by atoms with Gasteiger partial charge in [-0.25, -0.2) is 18.1 Å². The summed E-state index contributed by atoms with van der Waals surface area (Å²) in [5, 5.41) is 2.65. The number of hydrogen-bond acceptors (Lipinski definition) is 5. The van der Waals surface area contributed by atoms with Crippen molar-refractivity contribution in [3.8, 4) is 10.6 Å². The van der Waals surface area contributed by atoms with Crippen molar-refractivity contribution >= 4 is 27.3 Å². The molecule has 1 amide bonds. The number of thiazole rings is 1. The largest absolute Gasteiger partial charge is 0.274 e. The molecule has 7 heteroatoms. The number of rotatable bonds is 5. The lowest BCUT2D eigenvalue weighted by molar-refractivity contribution is -0.118. The van der Waals surface area contributed by atoms with Gasteiger partial charge in [0.2, 0.25) is 5.91 Å². The van der Waals surface area contributed by atoms with Crippen molar-refractivity contribution < 1.29 is 13.2 Å². The molecule has 1 heterocycles. The number of sulfonamides is 1. The third-order valence-electron chi connectivity index (χ3n) is 4.44. The monoisotopic (exact) mass is 428 g/mol. The van der Waals surface area contributed by atoms with Gasteiger partial charge < -0.3 is 0 Å². The van der Waals surface area contributed by atoms with Crippen LogP contribution in [-0.4, -0.2) is 19.3 Å². The molecule has 5 nitrogen and oxygen atoms in total. The highest BCUT2D eigenvalue weighted by molar-refractivity contribution is 7.90. The highest BCUT2D eigenvalue weighted by Crippen LogP contribution is 2.26. The second-order valence-electron chi connectivity index (χ2n) is 7.97. The maximum absolute atomic E-state index is 12.7. The summed E-state index contributed by atoms with van der Waals surface area (Å²) in [6.07, 6.45) is -0.00494. The maximum Gasteiger partial charge on any atom is 0.264 e. The molecule has 3 aromatic rings. The van der Waals surface area contributed by atoms with E-state index in [4.69, 9.17) is 0 Å². The van der Waals surface area contributed by atoms with Gasteiger partial charge in [-0.15, -0.1) is 11.3 Å². The first kappa shape index (κ1) is 21.2. The van der Waals surface area contributed by atoms with Crippen LogP contribution in [0.4, 0.5) is 0 Å². The molecule has 0 saturated heterocycles. The summed E-state index contributed by atoms with van der Waals surface area (Å²) in [5.41, 5.74) is 3.52. The Kier molecular flexibility index (Phi) is 5.91. The molecule has 29 heavy (non-hydrogen) atoms. The Bertz CT molecular complexity index is 1130. The van der Waals surface area contributed by atoms with E-state index in [1.165, 1.54) is 23.5 Å². The van der Waals surface area contributed by atoms with E-state index in [0.717, 1.165) is 21.8 Å². The molecule has 0 radical (unpaired) electrons. The molecule has 0 unspecified atom stereocenters. The minimum Gasteiger partial charge on any atom is -0.274 e. The standard InChI is InChI=1S/C22H24N2O3S2/c1-15-14-28-21(23-15)17-6-5-7-19(13-17)29(26,27)24-20(25)12-16-8-10-18(11-9-16)22(2,3)4/h5-11,13-14H,12H2,1-4H3,(H,24,25). The summed E-state index contributed by atoms with van der Waals surface area (Å²) >= 11 is 1.45. The fourth-order valence-electron chi connectivity index (χ4n) is 2.84. The topological polar surface area (TPSA) is 76.1 Å². The van der Waals surface area contributed by atoms with Gasteiger partial charge in [-0.3, -0.25) is 4.79 Å². The van der Waals surface area contributed by atoms with E-state index in [2.05, 4.69) is 30.5 Å². The van der Waals surface area contributed by atoms with Crippen LogP contribution in [0.25, 0.3) is 10.6 Å². The molecule has 2 aromatic carbocycles. The Hall–Kier alpha value is -2.51. The van der Waals surface area contributed by atoms with Crippen LogP contribution in [0, 0.1) is 6.92 Å². The molecular formula is C22H24N2O3S2. The maximum atomic E-state index is 12.7. The lowest BCUT2D eigenvalue weighted by atomic mass is 9.86. The smallest absolute Gasteiger partial charge is 0.264 e. The number of hydrogen-bond donors (Lipinski definition) is 1. The van der Waals surface area contributed by atoms with Gasteiger partial charge in [-0.1, -0.05) is 57.2 Å². The number of aromatic nitrogens is 1. The number of carbonyl (C=O) groups is 1. The Balaban J connectivity index is 1.73. The van der Waals surface area contributed by atoms with Crippen LogP contribution in [0.3, 0.4) is 0 Å². The fourth-order valence-corrected chi connectivity index (χ4v) is 4.66. The summed E-state index contributed by atoms with van der Waals surface area (Å²) in [7, 11) is -3.96. The van der Waals surface area contributed by atoms with Crippen molar-refractivity contribution in [2.75, 3.05) is 0 Å². The Morgan fingerprint density at radius 1 is 1.10 bits per heavy atom. The van der Waals surface area contributed by atoms with Crippen LogP contribution >= 0.6 is 11.3 Å². The molecule has 1 N–H and O–H groups in total. The van der Waals surface area contributed by atoms with E-state index in [9.17, 15) is 13.2 Å². The first-order valence-electron chi connectivity index (χ1n) is 9.22. The van der Waals surface area contributed by atoms with E-state index in [-0.39, 0.29) is 16.7 Å². The molecule has 0 aliphatic heterocycles. The van der Waals surface area contributed by atoms with Crippen molar-refractivity contribution in [2.24, 2.45) is 0 Å². The van der Waals surface area contributed by atoms with E-state index < -0.39 is 15.9 Å². The molecule has 152 valence electrons. The molecule has 0 saturated carbocycles. The molecule has 0 spiro atoms. The highest BCUT2D eigenvalue weighted by Gasteiger charge is 2.19. The first-order chi connectivity index (χ1) is 13.5. The average Bonchev–Trinajstić information content (AvgIpc) is 3.07. The molecule has 0 bridgehead atoms. The molecule has 3 rings (SSSR count). The van der Waals surface area contributed by atoms with Gasteiger partial charge >= 0.3 is 0 Å². The van der Waals surface area contributed by atoms with E-state index in [1.54, 1.807) is 12.1 Å². The van der Waals surface area contributed by atoms with Crippen molar-refractivity contribution in [3.63, 3.8) is 0 Å². The van der Waals surface area contributed by atoms with Gasteiger partial charge in [0.15, 0.2) is 0 Å². The normalized spacial score (nSPS) is 12.0. The number of nitrogens with zero attached hydrogens (tertiary/aromatic N) is 1. The van der Waals surface area contributed by atoms with Crippen molar-refractivity contribution in [3.05, 3.63) is 70.7 Å². The fraction of sp³-hybridized carbons (Fsp3) is 0.273. The average molecular weight is 429 g/mol. The Morgan fingerprint density at radius 3 is 2.38 bits per heavy atom. The number of aryl methyl sites for hydroxylation is 1. The van der Waals surface area contributed by atoms with E-state index in [1.807, 2.05) is 36.6 Å². The summed E-state index contributed by atoms with van der Waals surface area (Å²) in [6.45, 7) is 8.22. The van der Waals surface area contributed by atoms with Crippen LogP contribution in [0.2, 0.25) is 0 Å². The molecule has 0 atom stereocenters. The molecule has 0 aliphatic rings. The van der Waals surface area contributed by atoms with Gasteiger partial charge in [-0.2, -0.15) is 0 Å². The number of benzene rings is 2. The second kappa shape index (κ2) is 8.08. The van der Waals surface area contributed by atoms with Crippen LogP contribution in [0.5, 0.6) is 0 Å². The van der Waals surface area contributed by atoms with Crippen molar-refractivity contribution in [1.82, 2.24) is 9.71 Å². The molecule has 0 fully saturated rings. The first-order valence-corrected chi connectivity index (χ1v) is 11.6. The van der Waals surface area contributed by atoms with Gasteiger partial charge in [0.25, 0.3) is 10.0 Å². The molecule has 1 aromatic heterocycles. The van der Waals surface area contributed by atoms with Crippen molar-refractivity contribution in [1.29, 1.82) is 0 Å². The summed E-state index contributed by atoms with van der Waals surface area (Å²) in [6, 6.07) is 14.1. The zero-order valence-electron chi connectivity index (χ0n) is 16.9. The predicted molar refractivity (Wildman–Crippen MR) is 116 cm³/mol.